The number of hydrogen-bond donors (Lipinski definition) is 2. The van der Waals surface area contributed by atoms with Crippen LogP contribution in [0.3, 0.4) is 0 Å². The Morgan fingerprint density at radius 1 is 0.862 bits per heavy atom. The van der Waals surface area contributed by atoms with Gasteiger partial charge in [0.15, 0.2) is 5.82 Å². The summed E-state index contributed by atoms with van der Waals surface area (Å²) in [6.45, 7) is 3.70. The zero-order chi connectivity index (χ0) is 21.1. The maximum atomic E-state index is 12.5. The van der Waals surface area contributed by atoms with Crippen LogP contribution in [0.15, 0.2) is 68.9 Å². The van der Waals surface area contributed by atoms with Crippen molar-refractivity contribution in [3.63, 3.8) is 0 Å². The number of aryl methyl sites for hydroxylation is 2. The van der Waals surface area contributed by atoms with Gasteiger partial charge in [0.1, 0.15) is 5.76 Å². The maximum absolute atomic E-state index is 12.5. The van der Waals surface area contributed by atoms with Crippen LogP contribution in [0.1, 0.15) is 24.7 Å². The topological polar surface area (TPSA) is 118 Å². The van der Waals surface area contributed by atoms with E-state index in [0.29, 0.717) is 5.76 Å². The molecule has 0 atom stereocenters. The van der Waals surface area contributed by atoms with Crippen LogP contribution >= 0.6 is 0 Å². The van der Waals surface area contributed by atoms with Crippen molar-refractivity contribution in [1.29, 1.82) is 0 Å². The summed E-state index contributed by atoms with van der Waals surface area (Å²) in [4.78, 5) is 0.0992. The Bertz CT molecular complexity index is 1180. The Balaban J connectivity index is 1.74. The Hall–Kier alpha value is -2.85. The number of anilines is 2. The van der Waals surface area contributed by atoms with E-state index in [1.807, 2.05) is 0 Å². The smallest absolute Gasteiger partial charge is 0.263 e. The molecule has 10 heteroatoms. The highest BCUT2D eigenvalue weighted by molar-refractivity contribution is 7.93. The molecule has 0 spiro atoms. The molecule has 0 unspecified atom stereocenters. The molecule has 0 saturated heterocycles. The van der Waals surface area contributed by atoms with Gasteiger partial charge in [-0.05, 0) is 55.3 Å². The van der Waals surface area contributed by atoms with Crippen molar-refractivity contribution in [3.8, 4) is 0 Å². The number of hydrogen-bond acceptors (Lipinski definition) is 6. The summed E-state index contributed by atoms with van der Waals surface area (Å²) in [6.07, 6.45) is 1.86. The van der Waals surface area contributed by atoms with Crippen molar-refractivity contribution in [2.24, 2.45) is 0 Å². The molecule has 0 aliphatic heterocycles. The molecule has 0 saturated carbocycles. The van der Waals surface area contributed by atoms with E-state index in [0.717, 1.165) is 18.4 Å². The molecule has 0 bridgehead atoms. The highest BCUT2D eigenvalue weighted by atomic mass is 32.2. The second-order valence-electron chi connectivity index (χ2n) is 6.45. The van der Waals surface area contributed by atoms with Crippen molar-refractivity contribution in [1.82, 2.24) is 5.16 Å². The Morgan fingerprint density at radius 3 is 1.93 bits per heavy atom. The van der Waals surface area contributed by atoms with E-state index in [2.05, 4.69) is 21.5 Å². The number of nitrogens with zero attached hydrogens (tertiary/aromatic N) is 1. The first-order valence-electron chi connectivity index (χ1n) is 8.87. The lowest BCUT2D eigenvalue weighted by molar-refractivity contribution is 0.400. The monoisotopic (exact) mass is 435 g/mol. The fourth-order valence-corrected chi connectivity index (χ4v) is 4.69. The number of nitrogens with one attached hydrogen (secondary N) is 2. The first-order valence-corrected chi connectivity index (χ1v) is 11.8. The molecular formula is C19H21N3O5S2. The van der Waals surface area contributed by atoms with E-state index in [9.17, 15) is 16.8 Å². The minimum Gasteiger partial charge on any atom is -0.360 e. The number of sulfonamides is 2. The molecule has 0 amide bonds. The van der Waals surface area contributed by atoms with Gasteiger partial charge in [-0.25, -0.2) is 16.8 Å². The van der Waals surface area contributed by atoms with Crippen LogP contribution in [0.4, 0.5) is 11.5 Å². The molecule has 2 N–H and O–H groups in total. The fraction of sp³-hybridized carbons (Fsp3) is 0.211. The number of rotatable bonds is 8. The SMILES string of the molecule is CCCc1ccc(S(=O)(=O)Nc2ccc(S(=O)(=O)Nc3cc(C)on3)cc2)cc1. The molecule has 0 radical (unpaired) electrons. The van der Waals surface area contributed by atoms with E-state index in [-0.39, 0.29) is 21.3 Å². The Morgan fingerprint density at radius 2 is 1.41 bits per heavy atom. The first kappa shape index (κ1) is 20.9. The summed E-state index contributed by atoms with van der Waals surface area (Å²) in [5, 5.41) is 3.59. The maximum Gasteiger partial charge on any atom is 0.263 e. The van der Waals surface area contributed by atoms with E-state index in [1.165, 1.54) is 30.3 Å². The highest BCUT2D eigenvalue weighted by Gasteiger charge is 2.18. The standard InChI is InChI=1S/C19H21N3O5S2/c1-3-4-15-5-9-17(10-6-15)28(23,24)21-16-7-11-18(12-8-16)29(25,26)22-19-13-14(2)27-20-19/h5-13,21H,3-4H2,1-2H3,(H,20,22). The molecule has 0 aliphatic rings. The van der Waals surface area contributed by atoms with Crippen LogP contribution < -0.4 is 9.44 Å². The van der Waals surface area contributed by atoms with Gasteiger partial charge in [0.2, 0.25) is 0 Å². The number of benzene rings is 2. The van der Waals surface area contributed by atoms with E-state index in [1.54, 1.807) is 31.2 Å². The Labute approximate surface area is 170 Å². The zero-order valence-corrected chi connectivity index (χ0v) is 17.5. The van der Waals surface area contributed by atoms with Gasteiger partial charge < -0.3 is 4.52 Å². The van der Waals surface area contributed by atoms with Gasteiger partial charge in [0, 0.05) is 11.8 Å². The molecule has 0 aliphatic carbocycles. The lowest BCUT2D eigenvalue weighted by Gasteiger charge is -2.10. The molecule has 1 aromatic heterocycles. The molecule has 0 fully saturated rings. The molecule has 8 nitrogen and oxygen atoms in total. The van der Waals surface area contributed by atoms with E-state index in [4.69, 9.17) is 4.52 Å². The van der Waals surface area contributed by atoms with Gasteiger partial charge in [0.25, 0.3) is 20.0 Å². The third-order valence-corrected chi connectivity index (χ3v) is 6.82. The Kier molecular flexibility index (Phi) is 5.94. The largest absolute Gasteiger partial charge is 0.360 e. The van der Waals surface area contributed by atoms with Gasteiger partial charge in [0.05, 0.1) is 9.79 Å². The van der Waals surface area contributed by atoms with Crippen molar-refractivity contribution in [2.75, 3.05) is 9.44 Å². The molecule has 154 valence electrons. The third-order valence-electron chi connectivity index (χ3n) is 4.06. The van der Waals surface area contributed by atoms with Crippen molar-refractivity contribution in [3.05, 3.63) is 65.9 Å². The fourth-order valence-electron chi connectivity index (χ4n) is 2.65. The molecule has 3 aromatic rings. The minimum atomic E-state index is -3.87. The van der Waals surface area contributed by atoms with Crippen LogP contribution in [0, 0.1) is 6.92 Å². The number of aromatic nitrogens is 1. The summed E-state index contributed by atoms with van der Waals surface area (Å²) in [5.41, 5.74) is 1.31. The first-order chi connectivity index (χ1) is 13.7. The van der Waals surface area contributed by atoms with E-state index >= 15 is 0 Å². The summed E-state index contributed by atoms with van der Waals surface area (Å²) in [7, 11) is -7.65. The summed E-state index contributed by atoms with van der Waals surface area (Å²) < 4.78 is 59.4. The molecule has 29 heavy (non-hydrogen) atoms. The van der Waals surface area contributed by atoms with Crippen LogP contribution in [0.5, 0.6) is 0 Å². The predicted octanol–water partition coefficient (Wildman–Crippen LogP) is 3.54. The van der Waals surface area contributed by atoms with Gasteiger partial charge >= 0.3 is 0 Å². The minimum absolute atomic E-state index is 0.0370. The van der Waals surface area contributed by atoms with Crippen LogP contribution in [0.2, 0.25) is 0 Å². The summed E-state index contributed by atoms with van der Waals surface area (Å²) in [5.74, 6) is 0.536. The summed E-state index contributed by atoms with van der Waals surface area (Å²) >= 11 is 0. The van der Waals surface area contributed by atoms with Crippen molar-refractivity contribution in [2.45, 2.75) is 36.5 Å². The normalized spacial score (nSPS) is 11.9. The van der Waals surface area contributed by atoms with E-state index < -0.39 is 20.0 Å². The molecule has 3 rings (SSSR count). The summed E-state index contributed by atoms with van der Waals surface area (Å²) in [6, 6.07) is 13.5. The molecule has 2 aromatic carbocycles. The van der Waals surface area contributed by atoms with Crippen molar-refractivity contribution < 1.29 is 21.4 Å². The van der Waals surface area contributed by atoms with Crippen LogP contribution in [-0.4, -0.2) is 22.0 Å². The quantitative estimate of drug-likeness (QED) is 0.559. The van der Waals surface area contributed by atoms with Crippen LogP contribution in [-0.2, 0) is 26.5 Å². The molecule has 1 heterocycles. The van der Waals surface area contributed by atoms with Gasteiger partial charge in [-0.2, -0.15) is 0 Å². The van der Waals surface area contributed by atoms with Crippen molar-refractivity contribution >= 4 is 31.6 Å². The molecular weight excluding hydrogens is 414 g/mol. The zero-order valence-electron chi connectivity index (χ0n) is 15.9. The van der Waals surface area contributed by atoms with Crippen LogP contribution in [0.25, 0.3) is 0 Å². The lowest BCUT2D eigenvalue weighted by Crippen LogP contribution is -2.14. The average molecular weight is 436 g/mol. The van der Waals surface area contributed by atoms with Gasteiger partial charge in [-0.1, -0.05) is 30.6 Å². The lowest BCUT2D eigenvalue weighted by atomic mass is 10.1. The highest BCUT2D eigenvalue weighted by Crippen LogP contribution is 2.21. The third kappa shape index (κ3) is 5.15. The average Bonchev–Trinajstić information content (AvgIpc) is 3.06. The van der Waals surface area contributed by atoms with Gasteiger partial charge in [-0.15, -0.1) is 0 Å². The predicted molar refractivity (Wildman–Crippen MR) is 110 cm³/mol. The second-order valence-corrected chi connectivity index (χ2v) is 9.82. The second kappa shape index (κ2) is 8.26. The van der Waals surface area contributed by atoms with Gasteiger partial charge in [-0.3, -0.25) is 9.44 Å².